The van der Waals surface area contributed by atoms with Crippen molar-refractivity contribution in [2.45, 2.75) is 63.7 Å². The molecule has 0 nitrogen and oxygen atoms in total. The fourth-order valence-electron chi connectivity index (χ4n) is 5.60. The van der Waals surface area contributed by atoms with Crippen molar-refractivity contribution < 1.29 is 0 Å². The van der Waals surface area contributed by atoms with Crippen LogP contribution in [0.15, 0.2) is 24.3 Å². The van der Waals surface area contributed by atoms with Crippen LogP contribution in [0.25, 0.3) is 0 Å². The molecule has 2 saturated carbocycles. The second-order valence-electron chi connectivity index (χ2n) is 7.24. The molecule has 3 aliphatic carbocycles. The van der Waals surface area contributed by atoms with E-state index in [2.05, 4.69) is 31.2 Å². The molecular formula is C18H24. The van der Waals surface area contributed by atoms with Gasteiger partial charge >= 0.3 is 0 Å². The molecule has 3 aliphatic rings. The highest BCUT2D eigenvalue weighted by Gasteiger charge is 2.55. The van der Waals surface area contributed by atoms with Crippen molar-refractivity contribution in [3.05, 3.63) is 35.4 Å². The Balaban J connectivity index is 1.82. The molecule has 1 aromatic rings. The zero-order valence-electron chi connectivity index (χ0n) is 11.5. The normalized spacial score (nSPS) is 36.6. The molecule has 2 atom stereocenters. The van der Waals surface area contributed by atoms with Crippen LogP contribution in [0.3, 0.4) is 0 Å². The van der Waals surface area contributed by atoms with Gasteiger partial charge in [-0.1, -0.05) is 44.0 Å². The Hall–Kier alpha value is -0.780. The lowest BCUT2D eigenvalue weighted by Gasteiger charge is -2.60. The molecule has 0 radical (unpaired) electrons. The first-order valence-electron chi connectivity index (χ1n) is 7.83. The van der Waals surface area contributed by atoms with Crippen LogP contribution >= 0.6 is 0 Å². The van der Waals surface area contributed by atoms with Crippen molar-refractivity contribution in [3.63, 3.8) is 0 Å². The topological polar surface area (TPSA) is 0 Å². The Morgan fingerprint density at radius 3 is 2.50 bits per heavy atom. The van der Waals surface area contributed by atoms with E-state index in [4.69, 9.17) is 0 Å². The predicted molar refractivity (Wildman–Crippen MR) is 75.7 cm³/mol. The van der Waals surface area contributed by atoms with E-state index in [9.17, 15) is 0 Å². The van der Waals surface area contributed by atoms with E-state index in [1.54, 1.807) is 11.1 Å². The van der Waals surface area contributed by atoms with E-state index in [-0.39, 0.29) is 0 Å². The minimum absolute atomic E-state index is 0.494. The Morgan fingerprint density at radius 1 is 1.00 bits per heavy atom. The summed E-state index contributed by atoms with van der Waals surface area (Å²) in [6, 6.07) is 9.29. The van der Waals surface area contributed by atoms with Gasteiger partial charge in [-0.3, -0.25) is 0 Å². The number of hydrogen-bond acceptors (Lipinski definition) is 0. The standard InChI is InChI=1S/C18H24/c1-17-10-4-11-18(12-5-13-18)16(17)9-8-14-6-2-3-7-15(14)17/h2-3,6-7,16H,4-5,8-13H2,1H3. The number of benzene rings is 1. The highest BCUT2D eigenvalue weighted by Crippen LogP contribution is 2.64. The molecule has 1 spiro atoms. The summed E-state index contributed by atoms with van der Waals surface area (Å²) in [5.74, 6) is 0.974. The van der Waals surface area contributed by atoms with Crippen molar-refractivity contribution in [2.75, 3.05) is 0 Å². The maximum atomic E-state index is 2.58. The molecule has 0 amide bonds. The van der Waals surface area contributed by atoms with Gasteiger partial charge in [-0.15, -0.1) is 0 Å². The van der Waals surface area contributed by atoms with Crippen molar-refractivity contribution in [1.82, 2.24) is 0 Å². The van der Waals surface area contributed by atoms with Crippen LogP contribution in [0.1, 0.15) is 63.0 Å². The predicted octanol–water partition coefficient (Wildman–Crippen LogP) is 4.86. The summed E-state index contributed by atoms with van der Waals surface area (Å²) >= 11 is 0. The molecule has 18 heavy (non-hydrogen) atoms. The van der Waals surface area contributed by atoms with Gasteiger partial charge in [0.1, 0.15) is 0 Å². The smallest absolute Gasteiger partial charge is 0.00389 e. The Labute approximate surface area is 111 Å². The van der Waals surface area contributed by atoms with Gasteiger partial charge in [0.25, 0.3) is 0 Å². The number of rotatable bonds is 0. The first-order chi connectivity index (χ1) is 8.75. The fourth-order valence-corrected chi connectivity index (χ4v) is 5.60. The van der Waals surface area contributed by atoms with E-state index in [0.29, 0.717) is 5.41 Å². The maximum absolute atomic E-state index is 2.58. The quantitative estimate of drug-likeness (QED) is 0.607. The Morgan fingerprint density at radius 2 is 1.72 bits per heavy atom. The van der Waals surface area contributed by atoms with Gasteiger partial charge in [-0.2, -0.15) is 0 Å². The summed E-state index contributed by atoms with van der Waals surface area (Å²) in [7, 11) is 0. The second kappa shape index (κ2) is 3.62. The molecule has 1 aromatic carbocycles. The molecule has 0 aromatic heterocycles. The number of hydrogen-bond donors (Lipinski definition) is 0. The Kier molecular flexibility index (Phi) is 2.23. The molecule has 4 rings (SSSR count). The van der Waals surface area contributed by atoms with Crippen LogP contribution in [0, 0.1) is 11.3 Å². The van der Waals surface area contributed by atoms with E-state index in [1.807, 2.05) is 0 Å². The average Bonchev–Trinajstić information content (AvgIpc) is 2.35. The van der Waals surface area contributed by atoms with Crippen molar-refractivity contribution >= 4 is 0 Å². The largest absolute Gasteiger partial charge is 0.0620 e. The van der Waals surface area contributed by atoms with Crippen molar-refractivity contribution in [2.24, 2.45) is 11.3 Å². The zero-order valence-corrected chi connectivity index (χ0v) is 11.5. The van der Waals surface area contributed by atoms with Crippen LogP contribution in [0.5, 0.6) is 0 Å². The SMILES string of the molecule is CC12CCCC3(CCC3)C1CCc1ccccc12. The first-order valence-corrected chi connectivity index (χ1v) is 7.83. The minimum Gasteiger partial charge on any atom is -0.0620 e. The summed E-state index contributed by atoms with van der Waals surface area (Å²) in [6.07, 6.45) is 11.7. The van der Waals surface area contributed by atoms with Crippen LogP contribution < -0.4 is 0 Å². The molecule has 0 heteroatoms. The van der Waals surface area contributed by atoms with Crippen LogP contribution in [0.4, 0.5) is 0 Å². The third-order valence-corrected chi connectivity index (χ3v) is 6.56. The molecule has 0 heterocycles. The lowest BCUT2D eigenvalue weighted by atomic mass is 9.44. The summed E-state index contributed by atoms with van der Waals surface area (Å²) in [5, 5.41) is 0. The Bertz CT molecular complexity index is 469. The zero-order chi connectivity index (χ0) is 12.2. The molecule has 0 N–H and O–H groups in total. The summed E-state index contributed by atoms with van der Waals surface area (Å²) < 4.78 is 0. The summed E-state index contributed by atoms with van der Waals surface area (Å²) in [5.41, 5.74) is 4.59. The number of aryl methyl sites for hydroxylation is 1. The van der Waals surface area contributed by atoms with Crippen molar-refractivity contribution in [3.8, 4) is 0 Å². The third-order valence-electron chi connectivity index (χ3n) is 6.56. The van der Waals surface area contributed by atoms with Gasteiger partial charge in [0.15, 0.2) is 0 Å². The maximum Gasteiger partial charge on any atom is -0.00389 e. The molecule has 0 aliphatic heterocycles. The monoisotopic (exact) mass is 240 g/mol. The van der Waals surface area contributed by atoms with Gasteiger partial charge in [0.05, 0.1) is 0 Å². The summed E-state index contributed by atoms with van der Waals surface area (Å²) in [4.78, 5) is 0. The van der Waals surface area contributed by atoms with Gasteiger partial charge in [-0.25, -0.2) is 0 Å². The summed E-state index contributed by atoms with van der Waals surface area (Å²) in [6.45, 7) is 2.58. The van der Waals surface area contributed by atoms with Crippen LogP contribution in [0.2, 0.25) is 0 Å². The van der Waals surface area contributed by atoms with Crippen LogP contribution in [-0.2, 0) is 11.8 Å². The van der Waals surface area contributed by atoms with E-state index < -0.39 is 0 Å². The lowest BCUT2D eigenvalue weighted by Crippen LogP contribution is -2.53. The first kappa shape index (κ1) is 11.1. The van der Waals surface area contributed by atoms with E-state index >= 15 is 0 Å². The van der Waals surface area contributed by atoms with E-state index in [1.165, 1.54) is 51.4 Å². The average molecular weight is 240 g/mol. The van der Waals surface area contributed by atoms with Crippen LogP contribution in [-0.4, -0.2) is 0 Å². The number of fused-ring (bicyclic) bond motifs is 4. The molecule has 2 fully saturated rings. The second-order valence-corrected chi connectivity index (χ2v) is 7.24. The van der Waals surface area contributed by atoms with Crippen molar-refractivity contribution in [1.29, 1.82) is 0 Å². The minimum atomic E-state index is 0.494. The van der Waals surface area contributed by atoms with Gasteiger partial charge in [-0.05, 0) is 66.4 Å². The highest BCUT2D eigenvalue weighted by atomic mass is 14.6. The molecule has 2 unspecified atom stereocenters. The highest BCUT2D eigenvalue weighted by molar-refractivity contribution is 5.38. The molecule has 0 bridgehead atoms. The van der Waals surface area contributed by atoms with Gasteiger partial charge in [0.2, 0.25) is 0 Å². The lowest BCUT2D eigenvalue weighted by molar-refractivity contribution is -0.0499. The molecular weight excluding hydrogens is 216 g/mol. The molecule has 0 saturated heterocycles. The molecule has 96 valence electrons. The fraction of sp³-hybridized carbons (Fsp3) is 0.667. The van der Waals surface area contributed by atoms with E-state index in [0.717, 1.165) is 11.3 Å². The third kappa shape index (κ3) is 1.27. The van der Waals surface area contributed by atoms with Gasteiger partial charge in [0, 0.05) is 0 Å². The van der Waals surface area contributed by atoms with Gasteiger partial charge < -0.3 is 0 Å².